The van der Waals surface area contributed by atoms with Crippen LogP contribution in [0.1, 0.15) is 68.2 Å². The predicted octanol–water partition coefficient (Wildman–Crippen LogP) is 5.03. The summed E-state index contributed by atoms with van der Waals surface area (Å²) in [5, 5.41) is 3.58. The minimum Gasteiger partial charge on any atom is -0.490 e. The highest BCUT2D eigenvalue weighted by Gasteiger charge is 2.49. The van der Waals surface area contributed by atoms with Crippen LogP contribution in [0.2, 0.25) is 0 Å². The summed E-state index contributed by atoms with van der Waals surface area (Å²) in [7, 11) is 2.21. The topological polar surface area (TPSA) is 31.0 Å². The van der Waals surface area contributed by atoms with Crippen molar-refractivity contribution in [2.24, 2.45) is 5.41 Å². The molecule has 1 N–H and O–H groups in total. The second-order valence-electron chi connectivity index (χ2n) is 12.1. The molecule has 2 saturated heterocycles. The van der Waals surface area contributed by atoms with Crippen LogP contribution < -0.4 is 15.0 Å². The first-order valence-corrected chi connectivity index (χ1v) is 14.3. The first kappa shape index (κ1) is 24.3. The number of likely N-dealkylation sites (N-methyl/N-ethyl adjacent to an activating group) is 1. The van der Waals surface area contributed by atoms with Gasteiger partial charge in [-0.3, -0.25) is 9.80 Å². The molecule has 5 heteroatoms. The Bertz CT molecular complexity index is 1050. The molecule has 1 spiro atoms. The van der Waals surface area contributed by atoms with Gasteiger partial charge in [-0.25, -0.2) is 0 Å². The minimum atomic E-state index is 0.468. The van der Waals surface area contributed by atoms with Crippen LogP contribution >= 0.6 is 0 Å². The summed E-state index contributed by atoms with van der Waals surface area (Å²) < 4.78 is 6.01. The molecule has 5 nitrogen and oxygen atoms in total. The van der Waals surface area contributed by atoms with Gasteiger partial charge in [-0.15, -0.1) is 0 Å². The fraction of sp³-hybridized carbons (Fsp3) is 0.613. The Hall–Kier alpha value is -2.08. The van der Waals surface area contributed by atoms with E-state index in [0.29, 0.717) is 17.4 Å². The molecule has 0 amide bonds. The average Bonchev–Trinajstić information content (AvgIpc) is 2.88. The van der Waals surface area contributed by atoms with Gasteiger partial charge in [0.05, 0.1) is 12.2 Å². The van der Waals surface area contributed by atoms with E-state index in [1.807, 2.05) is 0 Å². The molecule has 0 aromatic heterocycles. The number of para-hydroxylation sites is 1. The van der Waals surface area contributed by atoms with E-state index in [2.05, 4.69) is 83.4 Å². The average molecular weight is 489 g/mol. The molecule has 194 valence electrons. The monoisotopic (exact) mass is 488 g/mol. The van der Waals surface area contributed by atoms with Crippen LogP contribution in [0.25, 0.3) is 0 Å². The number of fused-ring (bicyclic) bond motifs is 1. The van der Waals surface area contributed by atoms with Crippen LogP contribution in [0.3, 0.4) is 0 Å². The van der Waals surface area contributed by atoms with Gasteiger partial charge < -0.3 is 15.0 Å². The molecule has 3 heterocycles. The van der Waals surface area contributed by atoms with E-state index in [1.54, 1.807) is 5.56 Å². The smallest absolute Gasteiger partial charge is 0.143 e. The number of nitrogens with one attached hydrogen (secondary N) is 1. The second-order valence-corrected chi connectivity index (χ2v) is 12.1. The molecule has 2 aromatic rings. The van der Waals surface area contributed by atoms with Gasteiger partial charge in [0.1, 0.15) is 12.4 Å². The Morgan fingerprint density at radius 3 is 2.61 bits per heavy atom. The molecule has 0 bridgehead atoms. The minimum absolute atomic E-state index is 0.468. The van der Waals surface area contributed by atoms with Gasteiger partial charge in [0.25, 0.3) is 0 Å². The zero-order valence-corrected chi connectivity index (χ0v) is 22.5. The number of benzene rings is 2. The van der Waals surface area contributed by atoms with E-state index in [1.165, 1.54) is 55.6 Å². The molecule has 3 aliphatic heterocycles. The number of anilines is 1. The zero-order valence-electron chi connectivity index (χ0n) is 22.5. The zero-order chi connectivity index (χ0) is 24.7. The third-order valence-electron chi connectivity index (χ3n) is 9.50. The van der Waals surface area contributed by atoms with Crippen molar-refractivity contribution >= 4 is 5.69 Å². The van der Waals surface area contributed by atoms with Crippen molar-refractivity contribution < 1.29 is 4.74 Å². The van der Waals surface area contributed by atoms with Gasteiger partial charge in [-0.2, -0.15) is 0 Å². The summed E-state index contributed by atoms with van der Waals surface area (Å²) in [6.45, 7) is 13.2. The summed E-state index contributed by atoms with van der Waals surface area (Å²) in [4.78, 5) is 7.98. The lowest BCUT2D eigenvalue weighted by Crippen LogP contribution is -2.59. The highest BCUT2D eigenvalue weighted by molar-refractivity contribution is 5.64. The van der Waals surface area contributed by atoms with Crippen LogP contribution in [0, 0.1) is 5.41 Å². The first-order valence-electron chi connectivity index (χ1n) is 14.3. The third kappa shape index (κ3) is 4.55. The maximum Gasteiger partial charge on any atom is 0.143 e. The lowest BCUT2D eigenvalue weighted by Gasteiger charge is -2.57. The van der Waals surface area contributed by atoms with E-state index in [0.717, 1.165) is 51.1 Å². The SMILES string of the molecule is CC(C)c1ccccc1C1CN(Cc2cccc3c2N(C)CCO3)CCN1C1CC2(CCNCC2)C1. The van der Waals surface area contributed by atoms with Crippen molar-refractivity contribution in [2.45, 2.75) is 64.1 Å². The number of nitrogens with zero attached hydrogens (tertiary/aromatic N) is 3. The highest BCUT2D eigenvalue weighted by atomic mass is 16.5. The second kappa shape index (κ2) is 10.00. The van der Waals surface area contributed by atoms with E-state index in [4.69, 9.17) is 4.74 Å². The van der Waals surface area contributed by atoms with E-state index < -0.39 is 0 Å². The first-order chi connectivity index (χ1) is 17.5. The van der Waals surface area contributed by atoms with Crippen molar-refractivity contribution in [3.05, 3.63) is 59.2 Å². The number of hydrogen-bond donors (Lipinski definition) is 1. The number of rotatable bonds is 5. The molecule has 4 aliphatic rings. The summed E-state index contributed by atoms with van der Waals surface area (Å²) in [6.07, 6.45) is 5.52. The standard InChI is InChI=1S/C31H44N4O/c1-23(2)26-8-4-5-9-27(26)28-22-34(21-24-7-6-10-29-30(24)33(3)17-18-36-29)15-16-35(28)25-19-31(20-25)11-13-32-14-12-31/h4-10,23,25,28,32H,11-22H2,1-3H3. The predicted molar refractivity (Wildman–Crippen MR) is 148 cm³/mol. The van der Waals surface area contributed by atoms with E-state index in [-0.39, 0.29) is 0 Å². The molecular formula is C31H44N4O. The Labute approximate surface area is 217 Å². The fourth-order valence-corrected chi connectivity index (χ4v) is 7.48. The molecule has 0 radical (unpaired) electrons. The molecule has 3 fully saturated rings. The van der Waals surface area contributed by atoms with Gasteiger partial charge in [0, 0.05) is 45.3 Å². The molecular weight excluding hydrogens is 444 g/mol. The third-order valence-corrected chi connectivity index (χ3v) is 9.50. The van der Waals surface area contributed by atoms with Crippen LogP contribution in [-0.4, -0.2) is 68.8 Å². The normalized spacial score (nSPS) is 25.0. The van der Waals surface area contributed by atoms with Crippen LogP contribution in [0.5, 0.6) is 5.75 Å². The van der Waals surface area contributed by atoms with Gasteiger partial charge >= 0.3 is 0 Å². The summed E-state index contributed by atoms with van der Waals surface area (Å²) in [5.41, 5.74) is 6.38. The number of ether oxygens (including phenoxy) is 1. The Kier molecular flexibility index (Phi) is 6.74. The molecule has 1 saturated carbocycles. The van der Waals surface area contributed by atoms with Gasteiger partial charge in [-0.05, 0) is 72.9 Å². The quantitative estimate of drug-likeness (QED) is 0.638. The lowest BCUT2D eigenvalue weighted by atomic mass is 9.60. The Morgan fingerprint density at radius 2 is 1.81 bits per heavy atom. The van der Waals surface area contributed by atoms with Crippen LogP contribution in [0.4, 0.5) is 5.69 Å². The number of hydrogen-bond acceptors (Lipinski definition) is 5. The lowest BCUT2D eigenvalue weighted by molar-refractivity contribution is -0.0650. The highest BCUT2D eigenvalue weighted by Crippen LogP contribution is 2.52. The van der Waals surface area contributed by atoms with Gasteiger partial charge in [0.15, 0.2) is 0 Å². The van der Waals surface area contributed by atoms with E-state index >= 15 is 0 Å². The van der Waals surface area contributed by atoms with E-state index in [9.17, 15) is 0 Å². The molecule has 6 rings (SSSR count). The van der Waals surface area contributed by atoms with Crippen molar-refractivity contribution in [1.82, 2.24) is 15.1 Å². The summed E-state index contributed by atoms with van der Waals surface area (Å²) in [5.74, 6) is 1.59. The number of piperidine rings is 1. The molecule has 1 atom stereocenters. The van der Waals surface area contributed by atoms with Crippen molar-refractivity contribution in [1.29, 1.82) is 0 Å². The van der Waals surface area contributed by atoms with Crippen LogP contribution in [-0.2, 0) is 6.54 Å². The van der Waals surface area contributed by atoms with Crippen molar-refractivity contribution in [3.8, 4) is 5.75 Å². The van der Waals surface area contributed by atoms with Crippen molar-refractivity contribution in [3.63, 3.8) is 0 Å². The molecule has 2 aromatic carbocycles. The largest absolute Gasteiger partial charge is 0.490 e. The maximum atomic E-state index is 6.01. The van der Waals surface area contributed by atoms with Crippen molar-refractivity contribution in [2.75, 3.05) is 57.8 Å². The molecule has 36 heavy (non-hydrogen) atoms. The Balaban J connectivity index is 1.25. The summed E-state index contributed by atoms with van der Waals surface area (Å²) in [6, 6.07) is 17.1. The van der Waals surface area contributed by atoms with Crippen LogP contribution in [0.15, 0.2) is 42.5 Å². The maximum absolute atomic E-state index is 6.01. The fourth-order valence-electron chi connectivity index (χ4n) is 7.48. The van der Waals surface area contributed by atoms with Gasteiger partial charge in [0.2, 0.25) is 0 Å². The molecule has 1 unspecified atom stereocenters. The number of piperazine rings is 1. The Morgan fingerprint density at radius 1 is 1.00 bits per heavy atom. The molecule has 1 aliphatic carbocycles. The summed E-state index contributed by atoms with van der Waals surface area (Å²) >= 11 is 0. The van der Waals surface area contributed by atoms with Gasteiger partial charge in [-0.1, -0.05) is 50.2 Å².